The van der Waals surface area contributed by atoms with Crippen LogP contribution in [0.25, 0.3) is 0 Å². The Labute approximate surface area is 108 Å². The number of carbonyl (C=O) groups excluding carboxylic acids is 2. The topological polar surface area (TPSA) is 55.4 Å². The van der Waals surface area contributed by atoms with E-state index in [0.29, 0.717) is 0 Å². The summed E-state index contributed by atoms with van der Waals surface area (Å²) in [7, 11) is -1.81. The SMILES string of the molecule is CC(=O)Nc1ccc(CC(=O)O[Si](C)(C)C)cc1. The summed E-state index contributed by atoms with van der Waals surface area (Å²) in [5.41, 5.74) is 1.61. The van der Waals surface area contributed by atoms with Crippen molar-refractivity contribution in [2.75, 3.05) is 5.32 Å². The highest BCUT2D eigenvalue weighted by molar-refractivity contribution is 6.71. The molecular formula is C13H19NO3Si. The summed E-state index contributed by atoms with van der Waals surface area (Å²) in [4.78, 5) is 22.5. The van der Waals surface area contributed by atoms with Crippen LogP contribution in [0.5, 0.6) is 0 Å². The zero-order valence-electron chi connectivity index (χ0n) is 11.2. The molecule has 1 amide bonds. The number of nitrogens with one attached hydrogen (secondary N) is 1. The van der Waals surface area contributed by atoms with Crippen LogP contribution in [0.2, 0.25) is 19.6 Å². The summed E-state index contributed by atoms with van der Waals surface area (Å²) in [6.45, 7) is 7.39. The highest BCUT2D eigenvalue weighted by atomic mass is 28.4. The van der Waals surface area contributed by atoms with Crippen LogP contribution in [-0.2, 0) is 20.4 Å². The normalized spacial score (nSPS) is 10.9. The Balaban J connectivity index is 2.58. The van der Waals surface area contributed by atoms with Gasteiger partial charge in [0.2, 0.25) is 14.2 Å². The third-order valence-corrected chi connectivity index (χ3v) is 2.88. The van der Waals surface area contributed by atoms with Crippen molar-refractivity contribution in [1.29, 1.82) is 0 Å². The standard InChI is InChI=1S/C13H19NO3Si/c1-10(15)14-12-7-5-11(6-8-12)9-13(16)17-18(2,3)4/h5-8H,9H2,1-4H3,(H,14,15). The molecule has 0 bridgehead atoms. The molecule has 0 radical (unpaired) electrons. The number of hydrogen-bond donors (Lipinski definition) is 1. The Morgan fingerprint density at radius 1 is 1.17 bits per heavy atom. The van der Waals surface area contributed by atoms with Gasteiger partial charge in [0.15, 0.2) is 0 Å². The number of hydrogen-bond acceptors (Lipinski definition) is 3. The molecule has 0 aliphatic heterocycles. The van der Waals surface area contributed by atoms with E-state index in [1.165, 1.54) is 6.92 Å². The number of amides is 1. The lowest BCUT2D eigenvalue weighted by atomic mass is 10.1. The maximum absolute atomic E-state index is 11.6. The van der Waals surface area contributed by atoms with Gasteiger partial charge in [-0.3, -0.25) is 9.59 Å². The van der Waals surface area contributed by atoms with Crippen molar-refractivity contribution < 1.29 is 14.0 Å². The summed E-state index contributed by atoms with van der Waals surface area (Å²) in [6.07, 6.45) is 0.268. The van der Waals surface area contributed by atoms with E-state index < -0.39 is 8.32 Å². The Bertz CT molecular complexity index is 435. The van der Waals surface area contributed by atoms with E-state index in [4.69, 9.17) is 4.43 Å². The molecule has 1 rings (SSSR count). The Kier molecular flexibility index (Phi) is 4.67. The van der Waals surface area contributed by atoms with Crippen molar-refractivity contribution in [3.8, 4) is 0 Å². The smallest absolute Gasteiger partial charge is 0.296 e. The van der Waals surface area contributed by atoms with E-state index in [1.54, 1.807) is 12.1 Å². The van der Waals surface area contributed by atoms with Crippen molar-refractivity contribution in [1.82, 2.24) is 0 Å². The van der Waals surface area contributed by atoms with E-state index in [2.05, 4.69) is 5.32 Å². The molecule has 0 aliphatic carbocycles. The van der Waals surface area contributed by atoms with E-state index in [0.717, 1.165) is 11.3 Å². The van der Waals surface area contributed by atoms with E-state index >= 15 is 0 Å². The Hall–Kier alpha value is -1.62. The summed E-state index contributed by atoms with van der Waals surface area (Å²) < 4.78 is 5.37. The molecule has 0 fully saturated rings. The second-order valence-corrected chi connectivity index (χ2v) is 9.57. The molecule has 18 heavy (non-hydrogen) atoms. The number of carbonyl (C=O) groups is 2. The van der Waals surface area contributed by atoms with Crippen molar-refractivity contribution in [3.63, 3.8) is 0 Å². The van der Waals surface area contributed by atoms with Crippen molar-refractivity contribution >= 4 is 25.9 Å². The third kappa shape index (κ3) is 5.63. The molecule has 5 heteroatoms. The van der Waals surface area contributed by atoms with E-state index in [-0.39, 0.29) is 18.3 Å². The van der Waals surface area contributed by atoms with Gasteiger partial charge >= 0.3 is 0 Å². The van der Waals surface area contributed by atoms with Crippen LogP contribution in [0.3, 0.4) is 0 Å². The molecule has 1 aromatic rings. The summed E-state index contributed by atoms with van der Waals surface area (Å²) in [5.74, 6) is -0.303. The number of anilines is 1. The van der Waals surface area contributed by atoms with Crippen LogP contribution in [0, 0.1) is 0 Å². The molecule has 0 atom stereocenters. The fourth-order valence-corrected chi connectivity index (χ4v) is 2.21. The minimum Gasteiger partial charge on any atom is -0.520 e. The maximum atomic E-state index is 11.6. The van der Waals surface area contributed by atoms with Gasteiger partial charge in [-0.05, 0) is 37.3 Å². The van der Waals surface area contributed by atoms with Crippen LogP contribution in [0.4, 0.5) is 5.69 Å². The predicted octanol–water partition coefficient (Wildman–Crippen LogP) is 2.57. The fourth-order valence-electron chi connectivity index (χ4n) is 1.45. The second-order valence-electron chi connectivity index (χ2n) is 5.14. The van der Waals surface area contributed by atoms with Gasteiger partial charge in [-0.2, -0.15) is 0 Å². The lowest BCUT2D eigenvalue weighted by Crippen LogP contribution is -2.29. The summed E-state index contributed by atoms with van der Waals surface area (Å²) in [5, 5.41) is 2.68. The average molecular weight is 265 g/mol. The Morgan fingerprint density at radius 3 is 2.17 bits per heavy atom. The first-order chi connectivity index (χ1) is 8.26. The zero-order chi connectivity index (χ0) is 13.8. The molecule has 1 aromatic carbocycles. The number of benzene rings is 1. The third-order valence-electron chi connectivity index (χ3n) is 2.04. The first kappa shape index (κ1) is 14.4. The van der Waals surface area contributed by atoms with Crippen molar-refractivity contribution in [2.24, 2.45) is 0 Å². The first-order valence-electron chi connectivity index (χ1n) is 5.84. The molecule has 0 saturated carbocycles. The van der Waals surface area contributed by atoms with Crippen LogP contribution in [0.1, 0.15) is 12.5 Å². The molecule has 0 heterocycles. The molecule has 0 unspecified atom stereocenters. The molecular weight excluding hydrogens is 246 g/mol. The van der Waals surface area contributed by atoms with Crippen LogP contribution in [0.15, 0.2) is 24.3 Å². The molecule has 0 saturated heterocycles. The van der Waals surface area contributed by atoms with Gasteiger partial charge in [-0.15, -0.1) is 0 Å². The highest BCUT2D eigenvalue weighted by Gasteiger charge is 2.19. The van der Waals surface area contributed by atoms with Gasteiger partial charge in [0.1, 0.15) is 0 Å². The number of rotatable bonds is 4. The zero-order valence-corrected chi connectivity index (χ0v) is 12.2. The molecule has 0 spiro atoms. The van der Waals surface area contributed by atoms with Gasteiger partial charge < -0.3 is 9.74 Å². The molecule has 98 valence electrons. The van der Waals surface area contributed by atoms with E-state index in [9.17, 15) is 9.59 Å². The molecule has 0 aliphatic rings. The first-order valence-corrected chi connectivity index (χ1v) is 9.25. The van der Waals surface area contributed by atoms with Gasteiger partial charge in [-0.25, -0.2) is 0 Å². The molecule has 4 nitrogen and oxygen atoms in total. The van der Waals surface area contributed by atoms with Crippen LogP contribution >= 0.6 is 0 Å². The van der Waals surface area contributed by atoms with E-state index in [1.807, 2.05) is 31.8 Å². The lowest BCUT2D eigenvalue weighted by Gasteiger charge is -2.17. The minimum absolute atomic E-state index is 0.110. The van der Waals surface area contributed by atoms with Gasteiger partial charge in [0.25, 0.3) is 5.97 Å². The van der Waals surface area contributed by atoms with Crippen molar-refractivity contribution in [2.45, 2.75) is 33.0 Å². The van der Waals surface area contributed by atoms with Crippen molar-refractivity contribution in [3.05, 3.63) is 29.8 Å². The lowest BCUT2D eigenvalue weighted by molar-refractivity contribution is -0.134. The molecule has 0 aromatic heterocycles. The predicted molar refractivity (Wildman–Crippen MR) is 73.9 cm³/mol. The summed E-state index contributed by atoms with van der Waals surface area (Å²) >= 11 is 0. The van der Waals surface area contributed by atoms with Gasteiger partial charge in [0, 0.05) is 12.6 Å². The Morgan fingerprint density at radius 2 is 1.72 bits per heavy atom. The minimum atomic E-state index is -1.81. The quantitative estimate of drug-likeness (QED) is 0.851. The molecule has 1 N–H and O–H groups in total. The largest absolute Gasteiger partial charge is 0.520 e. The fraction of sp³-hybridized carbons (Fsp3) is 0.385. The average Bonchev–Trinajstić information content (AvgIpc) is 2.17. The van der Waals surface area contributed by atoms with Crippen LogP contribution in [-0.4, -0.2) is 20.2 Å². The van der Waals surface area contributed by atoms with Crippen LogP contribution < -0.4 is 5.32 Å². The maximum Gasteiger partial charge on any atom is 0.296 e. The highest BCUT2D eigenvalue weighted by Crippen LogP contribution is 2.12. The monoisotopic (exact) mass is 265 g/mol. The summed E-state index contributed by atoms with van der Waals surface area (Å²) in [6, 6.07) is 7.19. The van der Waals surface area contributed by atoms with Gasteiger partial charge in [0.05, 0.1) is 6.42 Å². The second kappa shape index (κ2) is 5.82. The van der Waals surface area contributed by atoms with Gasteiger partial charge in [-0.1, -0.05) is 12.1 Å².